The molecule has 0 bridgehead atoms. The van der Waals surface area contributed by atoms with E-state index in [1.54, 1.807) is 19.2 Å². The first-order valence-corrected chi connectivity index (χ1v) is 8.37. The zero-order valence-corrected chi connectivity index (χ0v) is 14.2. The van der Waals surface area contributed by atoms with Crippen LogP contribution in [-0.4, -0.2) is 25.3 Å². The van der Waals surface area contributed by atoms with E-state index in [4.69, 9.17) is 5.73 Å². The molecule has 0 atom stereocenters. The molecule has 0 radical (unpaired) electrons. The summed E-state index contributed by atoms with van der Waals surface area (Å²) in [7, 11) is -1.93. The molecule has 0 heterocycles. The van der Waals surface area contributed by atoms with Crippen molar-refractivity contribution in [3.8, 4) is 0 Å². The lowest BCUT2D eigenvalue weighted by Gasteiger charge is -2.34. The van der Waals surface area contributed by atoms with Crippen molar-refractivity contribution in [3.05, 3.63) is 28.2 Å². The molecule has 1 aromatic carbocycles. The first-order chi connectivity index (χ1) is 8.66. The third-order valence-electron chi connectivity index (χ3n) is 3.59. The number of nitrogens with zero attached hydrogens (tertiary/aromatic N) is 1. The fourth-order valence-electron chi connectivity index (χ4n) is 1.57. The highest BCUT2D eigenvalue weighted by atomic mass is 79.9. The molecule has 6 heteroatoms. The number of rotatable bonds is 5. The summed E-state index contributed by atoms with van der Waals surface area (Å²) in [6.07, 6.45) is 0.733. The van der Waals surface area contributed by atoms with Crippen molar-refractivity contribution in [3.63, 3.8) is 0 Å². The fourth-order valence-corrected chi connectivity index (χ4v) is 4.12. The van der Waals surface area contributed by atoms with Crippen LogP contribution in [0.2, 0.25) is 0 Å². The van der Waals surface area contributed by atoms with Gasteiger partial charge in [-0.3, -0.25) is 0 Å². The number of halogens is 1. The van der Waals surface area contributed by atoms with Crippen LogP contribution in [0.4, 0.5) is 0 Å². The van der Waals surface area contributed by atoms with Gasteiger partial charge in [0.1, 0.15) is 0 Å². The summed E-state index contributed by atoms with van der Waals surface area (Å²) in [6.45, 7) is 6.10. The molecule has 1 rings (SSSR count). The maximum absolute atomic E-state index is 12.7. The van der Waals surface area contributed by atoms with Crippen LogP contribution in [0, 0.1) is 0 Å². The smallest absolute Gasteiger partial charge is 0.244 e. The zero-order valence-electron chi connectivity index (χ0n) is 11.8. The minimum absolute atomic E-state index is 0.263. The van der Waals surface area contributed by atoms with Crippen LogP contribution < -0.4 is 5.73 Å². The van der Waals surface area contributed by atoms with Crippen LogP contribution in [0.3, 0.4) is 0 Å². The van der Waals surface area contributed by atoms with Gasteiger partial charge < -0.3 is 5.73 Å². The average molecular weight is 349 g/mol. The molecule has 1 aromatic rings. The van der Waals surface area contributed by atoms with Crippen LogP contribution in [0.5, 0.6) is 0 Å². The van der Waals surface area contributed by atoms with Gasteiger partial charge in [-0.05, 0) is 53.9 Å². The lowest BCUT2D eigenvalue weighted by Crippen LogP contribution is -2.44. The molecule has 0 aromatic heterocycles. The van der Waals surface area contributed by atoms with E-state index in [2.05, 4.69) is 15.9 Å². The maximum Gasteiger partial charge on any atom is 0.244 e. The Morgan fingerprint density at radius 3 is 2.42 bits per heavy atom. The molecular formula is C13H21BrN2O2S. The second kappa shape index (κ2) is 5.91. The molecule has 0 amide bonds. The van der Waals surface area contributed by atoms with E-state index in [1.807, 2.05) is 26.8 Å². The van der Waals surface area contributed by atoms with Gasteiger partial charge >= 0.3 is 0 Å². The quantitative estimate of drug-likeness (QED) is 0.889. The molecular weight excluding hydrogens is 328 g/mol. The van der Waals surface area contributed by atoms with E-state index in [0.29, 0.717) is 11.0 Å². The Kier molecular flexibility index (Phi) is 5.17. The topological polar surface area (TPSA) is 63.4 Å². The predicted octanol–water partition coefficient (Wildman–Crippen LogP) is 2.72. The van der Waals surface area contributed by atoms with Gasteiger partial charge in [-0.1, -0.05) is 13.0 Å². The van der Waals surface area contributed by atoms with Crippen molar-refractivity contribution in [2.45, 2.75) is 44.2 Å². The molecule has 2 N–H and O–H groups in total. The van der Waals surface area contributed by atoms with Crippen molar-refractivity contribution in [2.75, 3.05) is 7.05 Å². The van der Waals surface area contributed by atoms with Gasteiger partial charge in [0.2, 0.25) is 10.0 Å². The molecule has 0 aliphatic heterocycles. The van der Waals surface area contributed by atoms with Crippen LogP contribution in [0.15, 0.2) is 27.6 Å². The molecule has 0 aliphatic carbocycles. The van der Waals surface area contributed by atoms with Crippen LogP contribution in [-0.2, 0) is 16.6 Å². The predicted molar refractivity (Wildman–Crippen MR) is 81.4 cm³/mol. The lowest BCUT2D eigenvalue weighted by molar-refractivity contribution is 0.257. The number of sulfonamides is 1. The van der Waals surface area contributed by atoms with E-state index < -0.39 is 15.6 Å². The Morgan fingerprint density at radius 2 is 1.95 bits per heavy atom. The van der Waals surface area contributed by atoms with Gasteiger partial charge in [-0.15, -0.1) is 0 Å². The van der Waals surface area contributed by atoms with Gasteiger partial charge in [0.15, 0.2) is 0 Å². The van der Waals surface area contributed by atoms with Gasteiger partial charge in [0.25, 0.3) is 0 Å². The summed E-state index contributed by atoms with van der Waals surface area (Å²) < 4.78 is 27.3. The van der Waals surface area contributed by atoms with Crippen molar-refractivity contribution < 1.29 is 8.42 Å². The van der Waals surface area contributed by atoms with Gasteiger partial charge in [0, 0.05) is 23.6 Å². The summed E-state index contributed by atoms with van der Waals surface area (Å²) in [5.41, 5.74) is 5.94. The number of hydrogen-bond acceptors (Lipinski definition) is 3. The van der Waals surface area contributed by atoms with Crippen molar-refractivity contribution >= 4 is 26.0 Å². The third-order valence-corrected chi connectivity index (χ3v) is 6.65. The Bertz CT molecular complexity index is 556. The molecule has 0 spiro atoms. The SMILES string of the molecule is CCC(C)(C)N(C)S(=O)(=O)c1cc(CN)ccc1Br. The number of hydrogen-bond donors (Lipinski definition) is 1. The van der Waals surface area contributed by atoms with Crippen molar-refractivity contribution in [1.29, 1.82) is 0 Å². The minimum Gasteiger partial charge on any atom is -0.326 e. The summed E-state index contributed by atoms with van der Waals surface area (Å²) in [6, 6.07) is 5.16. The van der Waals surface area contributed by atoms with Gasteiger partial charge in [-0.2, -0.15) is 4.31 Å². The minimum atomic E-state index is -3.54. The average Bonchev–Trinajstić information content (AvgIpc) is 2.38. The normalized spacial score (nSPS) is 13.0. The summed E-state index contributed by atoms with van der Waals surface area (Å²) in [5, 5.41) is 0. The van der Waals surface area contributed by atoms with E-state index in [-0.39, 0.29) is 4.90 Å². The second-order valence-corrected chi connectivity index (χ2v) is 7.90. The maximum atomic E-state index is 12.7. The Balaban J connectivity index is 3.35. The highest BCUT2D eigenvalue weighted by molar-refractivity contribution is 9.10. The molecule has 0 saturated carbocycles. The van der Waals surface area contributed by atoms with Gasteiger partial charge in [-0.25, -0.2) is 8.42 Å². The van der Waals surface area contributed by atoms with Crippen LogP contribution >= 0.6 is 15.9 Å². The van der Waals surface area contributed by atoms with E-state index in [9.17, 15) is 8.42 Å². The van der Waals surface area contributed by atoms with E-state index >= 15 is 0 Å². The number of nitrogens with two attached hydrogens (primary N) is 1. The Hall–Kier alpha value is -0.430. The van der Waals surface area contributed by atoms with Crippen molar-refractivity contribution in [2.24, 2.45) is 5.73 Å². The van der Waals surface area contributed by atoms with Crippen molar-refractivity contribution in [1.82, 2.24) is 4.31 Å². The summed E-state index contributed by atoms with van der Waals surface area (Å²) in [5.74, 6) is 0. The molecule has 108 valence electrons. The highest BCUT2D eigenvalue weighted by Gasteiger charge is 2.33. The van der Waals surface area contributed by atoms with E-state index in [0.717, 1.165) is 12.0 Å². The summed E-state index contributed by atoms with van der Waals surface area (Å²) >= 11 is 3.31. The first-order valence-electron chi connectivity index (χ1n) is 6.14. The first kappa shape index (κ1) is 16.6. The van der Waals surface area contributed by atoms with Gasteiger partial charge in [0.05, 0.1) is 4.90 Å². The standard InChI is InChI=1S/C13H21BrN2O2S/c1-5-13(2,3)16(4)19(17,18)12-8-10(9-15)6-7-11(12)14/h6-8H,5,9,15H2,1-4H3. The molecule has 0 fully saturated rings. The third kappa shape index (κ3) is 3.37. The summed E-state index contributed by atoms with van der Waals surface area (Å²) in [4.78, 5) is 0.263. The molecule has 0 unspecified atom stereocenters. The molecule has 0 aliphatic rings. The zero-order chi connectivity index (χ0) is 14.8. The highest BCUT2D eigenvalue weighted by Crippen LogP contribution is 2.30. The van der Waals surface area contributed by atoms with Crippen LogP contribution in [0.25, 0.3) is 0 Å². The molecule has 4 nitrogen and oxygen atoms in total. The van der Waals surface area contributed by atoms with E-state index in [1.165, 1.54) is 4.31 Å². The largest absolute Gasteiger partial charge is 0.326 e. The Morgan fingerprint density at radius 1 is 1.37 bits per heavy atom. The fraction of sp³-hybridized carbons (Fsp3) is 0.538. The lowest BCUT2D eigenvalue weighted by atomic mass is 10.0. The Labute approximate surface area is 124 Å². The molecule has 0 saturated heterocycles. The molecule has 19 heavy (non-hydrogen) atoms. The van der Waals surface area contributed by atoms with Crippen LogP contribution in [0.1, 0.15) is 32.8 Å². The second-order valence-electron chi connectivity index (χ2n) is 5.11. The number of benzene rings is 1. The monoisotopic (exact) mass is 348 g/mol.